The maximum atomic E-state index is 13.3. The average molecular weight is 312 g/mol. The van der Waals surface area contributed by atoms with Crippen molar-refractivity contribution < 1.29 is 17.2 Å². The third-order valence-electron chi connectivity index (χ3n) is 2.88. The largest absolute Gasteiger partial charge is 0.446 e. The predicted octanol–water partition coefficient (Wildman–Crippen LogP) is 2.59. The number of rotatable bonds is 5. The molecule has 0 amide bonds. The monoisotopic (exact) mass is 312 g/mol. The minimum Gasteiger partial charge on any atom is -0.446 e. The number of hydrogen-bond acceptors (Lipinski definition) is 4. The first-order valence-corrected chi connectivity index (χ1v) is 7.75. The van der Waals surface area contributed by atoms with Crippen LogP contribution in [0.5, 0.6) is 0 Å². The highest BCUT2D eigenvalue weighted by molar-refractivity contribution is 7.88. The number of halogens is 1. The Morgan fingerprint density at radius 1 is 1.24 bits per heavy atom. The third-order valence-corrected chi connectivity index (χ3v) is 4.57. The van der Waals surface area contributed by atoms with E-state index < -0.39 is 10.0 Å². The molecule has 0 aliphatic carbocycles. The molecule has 5 nitrogen and oxygen atoms in total. The lowest BCUT2D eigenvalue weighted by molar-refractivity contribution is 0.402. The van der Waals surface area contributed by atoms with Crippen LogP contribution in [0.15, 0.2) is 39.8 Å². The molecule has 0 spiro atoms. The van der Waals surface area contributed by atoms with Crippen molar-refractivity contribution in [3.8, 4) is 0 Å². The van der Waals surface area contributed by atoms with Crippen LogP contribution in [0.3, 0.4) is 0 Å². The molecule has 0 fully saturated rings. The first-order chi connectivity index (χ1) is 9.79. The Labute approximate surface area is 123 Å². The lowest BCUT2D eigenvalue weighted by Crippen LogP contribution is -2.21. The van der Waals surface area contributed by atoms with E-state index in [0.717, 1.165) is 9.87 Å². The van der Waals surface area contributed by atoms with Gasteiger partial charge in [0.1, 0.15) is 11.6 Å². The van der Waals surface area contributed by atoms with Gasteiger partial charge in [0.25, 0.3) is 10.0 Å². The number of benzene rings is 1. The van der Waals surface area contributed by atoms with Crippen molar-refractivity contribution >= 4 is 15.7 Å². The fraction of sp³-hybridized carbons (Fsp3) is 0.286. The molecule has 7 heteroatoms. The summed E-state index contributed by atoms with van der Waals surface area (Å²) in [7, 11) is -0.702. The number of hydrogen-bond donors (Lipinski definition) is 1. The summed E-state index contributed by atoms with van der Waals surface area (Å²) in [5.74, 6) is 0.130. The lowest BCUT2D eigenvalue weighted by Gasteiger charge is -2.08. The summed E-state index contributed by atoms with van der Waals surface area (Å²) < 4.78 is 43.4. The van der Waals surface area contributed by atoms with Crippen LogP contribution in [-0.4, -0.2) is 26.8 Å². The van der Waals surface area contributed by atoms with Gasteiger partial charge < -0.3 is 9.73 Å². The van der Waals surface area contributed by atoms with Crippen molar-refractivity contribution in [3.63, 3.8) is 0 Å². The Bertz CT molecular complexity index is 718. The zero-order chi connectivity index (χ0) is 15.6. The molecule has 0 bridgehead atoms. The molecule has 114 valence electrons. The van der Waals surface area contributed by atoms with Gasteiger partial charge in [0.15, 0.2) is 0 Å². The number of furan rings is 1. The Hall–Kier alpha value is -1.86. The van der Waals surface area contributed by atoms with Crippen LogP contribution >= 0.6 is 0 Å². The first-order valence-electron chi connectivity index (χ1n) is 6.31. The molecule has 0 aliphatic rings. The zero-order valence-electron chi connectivity index (χ0n) is 12.1. The van der Waals surface area contributed by atoms with E-state index in [4.69, 9.17) is 4.42 Å². The van der Waals surface area contributed by atoms with Gasteiger partial charge in [-0.15, -0.1) is 0 Å². The highest BCUT2D eigenvalue weighted by Gasteiger charge is 2.21. The molecule has 1 N–H and O–H groups in total. The van der Waals surface area contributed by atoms with Crippen molar-refractivity contribution in [2.45, 2.75) is 18.6 Å². The maximum Gasteiger partial charge on any atom is 0.275 e. The Morgan fingerprint density at radius 3 is 2.57 bits per heavy atom. The first kappa shape index (κ1) is 15.5. The van der Waals surface area contributed by atoms with Crippen molar-refractivity contribution in [1.29, 1.82) is 0 Å². The van der Waals surface area contributed by atoms with E-state index in [1.54, 1.807) is 19.1 Å². The van der Waals surface area contributed by atoms with Gasteiger partial charge in [-0.25, -0.2) is 17.1 Å². The van der Waals surface area contributed by atoms with Crippen LogP contribution in [0.4, 0.5) is 10.1 Å². The van der Waals surface area contributed by atoms with Crippen LogP contribution < -0.4 is 5.32 Å². The SMILES string of the molecule is Cc1cc(F)cc(NCc2ccc(S(=O)(=O)N(C)C)o2)c1. The summed E-state index contributed by atoms with van der Waals surface area (Å²) in [5, 5.41) is 2.88. The fourth-order valence-electron chi connectivity index (χ4n) is 1.80. The Kier molecular flexibility index (Phi) is 4.34. The summed E-state index contributed by atoms with van der Waals surface area (Å²) in [4.78, 5) is 0. The normalized spacial score (nSPS) is 11.9. The molecular weight excluding hydrogens is 295 g/mol. The predicted molar refractivity (Wildman–Crippen MR) is 78.0 cm³/mol. The highest BCUT2D eigenvalue weighted by atomic mass is 32.2. The molecule has 1 aromatic heterocycles. The number of nitrogens with one attached hydrogen (secondary N) is 1. The minimum atomic E-state index is -3.57. The molecule has 0 aliphatic heterocycles. The van der Waals surface area contributed by atoms with E-state index in [1.807, 2.05) is 0 Å². The van der Waals surface area contributed by atoms with Crippen molar-refractivity contribution in [3.05, 3.63) is 47.5 Å². The standard InChI is InChI=1S/C14H17FN2O3S/c1-10-6-11(15)8-12(7-10)16-9-13-4-5-14(20-13)21(18,19)17(2)3/h4-8,16H,9H2,1-3H3. The maximum absolute atomic E-state index is 13.3. The highest BCUT2D eigenvalue weighted by Crippen LogP contribution is 2.19. The molecule has 0 saturated carbocycles. The van der Waals surface area contributed by atoms with E-state index in [-0.39, 0.29) is 17.5 Å². The van der Waals surface area contributed by atoms with Crippen LogP contribution in [0, 0.1) is 12.7 Å². The van der Waals surface area contributed by atoms with E-state index in [2.05, 4.69) is 5.32 Å². The van der Waals surface area contributed by atoms with Gasteiger partial charge in [-0.05, 0) is 42.8 Å². The summed E-state index contributed by atoms with van der Waals surface area (Å²) >= 11 is 0. The molecule has 21 heavy (non-hydrogen) atoms. The molecule has 0 radical (unpaired) electrons. The minimum absolute atomic E-state index is 0.111. The van der Waals surface area contributed by atoms with Crippen molar-refractivity contribution in [2.24, 2.45) is 0 Å². The van der Waals surface area contributed by atoms with Gasteiger partial charge in [0.05, 0.1) is 6.54 Å². The second-order valence-corrected chi connectivity index (χ2v) is 6.96. The smallest absolute Gasteiger partial charge is 0.275 e. The average Bonchev–Trinajstić information content (AvgIpc) is 2.84. The number of aryl methyl sites for hydroxylation is 1. The van der Waals surface area contributed by atoms with Gasteiger partial charge in [-0.1, -0.05) is 0 Å². The quantitative estimate of drug-likeness (QED) is 0.922. The van der Waals surface area contributed by atoms with Crippen LogP contribution in [0.25, 0.3) is 0 Å². The Balaban J connectivity index is 2.10. The van der Waals surface area contributed by atoms with Gasteiger partial charge >= 0.3 is 0 Å². The summed E-state index contributed by atoms with van der Waals surface area (Å²) in [6, 6.07) is 7.58. The number of nitrogens with zero attached hydrogens (tertiary/aromatic N) is 1. The van der Waals surface area contributed by atoms with Crippen LogP contribution in [0.2, 0.25) is 0 Å². The molecule has 0 saturated heterocycles. The van der Waals surface area contributed by atoms with E-state index in [9.17, 15) is 12.8 Å². The molecule has 2 rings (SSSR count). The summed E-state index contributed by atoms with van der Waals surface area (Å²) in [6.07, 6.45) is 0. The second kappa shape index (κ2) is 5.87. The van der Waals surface area contributed by atoms with Gasteiger partial charge in [-0.2, -0.15) is 0 Å². The van der Waals surface area contributed by atoms with Gasteiger partial charge in [0.2, 0.25) is 5.09 Å². The summed E-state index contributed by atoms with van der Waals surface area (Å²) in [6.45, 7) is 2.06. The van der Waals surface area contributed by atoms with Crippen molar-refractivity contribution in [1.82, 2.24) is 4.31 Å². The van der Waals surface area contributed by atoms with Gasteiger partial charge in [0, 0.05) is 19.8 Å². The number of sulfonamides is 1. The van der Waals surface area contributed by atoms with Crippen LogP contribution in [-0.2, 0) is 16.6 Å². The summed E-state index contributed by atoms with van der Waals surface area (Å²) in [5.41, 5.74) is 1.41. The van der Waals surface area contributed by atoms with Crippen molar-refractivity contribution in [2.75, 3.05) is 19.4 Å². The molecule has 0 unspecified atom stereocenters. The third kappa shape index (κ3) is 3.62. The molecule has 1 aromatic carbocycles. The molecule has 1 heterocycles. The van der Waals surface area contributed by atoms with E-state index >= 15 is 0 Å². The molecular formula is C14H17FN2O3S. The van der Waals surface area contributed by atoms with Gasteiger partial charge in [-0.3, -0.25) is 0 Å². The van der Waals surface area contributed by atoms with Crippen LogP contribution in [0.1, 0.15) is 11.3 Å². The van der Waals surface area contributed by atoms with E-state index in [1.165, 1.54) is 32.3 Å². The fourth-order valence-corrected chi connectivity index (χ4v) is 2.61. The molecule has 2 aromatic rings. The lowest BCUT2D eigenvalue weighted by atomic mass is 10.2. The zero-order valence-corrected chi connectivity index (χ0v) is 12.9. The Morgan fingerprint density at radius 2 is 1.95 bits per heavy atom. The number of anilines is 1. The second-order valence-electron chi connectivity index (χ2n) is 4.88. The molecule has 0 atom stereocenters. The topological polar surface area (TPSA) is 62.6 Å². The van der Waals surface area contributed by atoms with E-state index in [0.29, 0.717) is 11.4 Å².